The van der Waals surface area contributed by atoms with Crippen molar-refractivity contribution < 1.29 is 9.53 Å². The summed E-state index contributed by atoms with van der Waals surface area (Å²) in [6.07, 6.45) is 3.99. The quantitative estimate of drug-likeness (QED) is 0.748. The van der Waals surface area contributed by atoms with Gasteiger partial charge >= 0.3 is 0 Å². The van der Waals surface area contributed by atoms with Crippen LogP contribution in [0.15, 0.2) is 42.6 Å². The Labute approximate surface area is 150 Å². The lowest BCUT2D eigenvalue weighted by molar-refractivity contribution is -0.118. The summed E-state index contributed by atoms with van der Waals surface area (Å²) in [6, 6.07) is 11.4. The first-order valence-corrected chi connectivity index (χ1v) is 8.82. The third-order valence-electron chi connectivity index (χ3n) is 3.76. The van der Waals surface area contributed by atoms with E-state index in [4.69, 9.17) is 4.74 Å². The summed E-state index contributed by atoms with van der Waals surface area (Å²) in [4.78, 5) is 18.6. The number of pyridine rings is 1. The van der Waals surface area contributed by atoms with E-state index in [0.717, 1.165) is 37.2 Å². The van der Waals surface area contributed by atoms with Crippen molar-refractivity contribution in [3.63, 3.8) is 0 Å². The normalized spacial score (nSPS) is 10.4. The number of carbonyl (C=O) groups excluding carboxylic acids is 1. The zero-order valence-electron chi connectivity index (χ0n) is 15.3. The van der Waals surface area contributed by atoms with Gasteiger partial charge in [0.1, 0.15) is 11.6 Å². The molecule has 25 heavy (non-hydrogen) atoms. The molecule has 1 heterocycles. The zero-order valence-corrected chi connectivity index (χ0v) is 15.3. The second-order valence-corrected chi connectivity index (χ2v) is 6.04. The monoisotopic (exact) mass is 341 g/mol. The Morgan fingerprint density at radius 1 is 1.08 bits per heavy atom. The van der Waals surface area contributed by atoms with Crippen molar-refractivity contribution in [1.82, 2.24) is 4.98 Å². The highest BCUT2D eigenvalue weighted by Gasteiger charge is 2.07. The Kier molecular flexibility index (Phi) is 7.26. The van der Waals surface area contributed by atoms with E-state index in [-0.39, 0.29) is 12.5 Å². The number of anilines is 2. The van der Waals surface area contributed by atoms with Gasteiger partial charge in [0.25, 0.3) is 5.91 Å². The molecular weight excluding hydrogens is 314 g/mol. The molecule has 0 aliphatic heterocycles. The van der Waals surface area contributed by atoms with E-state index in [1.54, 1.807) is 0 Å². The molecule has 5 heteroatoms. The molecule has 0 spiro atoms. The molecule has 2 rings (SSSR count). The molecule has 0 saturated heterocycles. The smallest absolute Gasteiger partial charge is 0.263 e. The fourth-order valence-electron chi connectivity index (χ4n) is 2.52. The Balaban J connectivity index is 1.87. The fraction of sp³-hybridized carbons (Fsp3) is 0.400. The summed E-state index contributed by atoms with van der Waals surface area (Å²) in [5, 5.41) is 2.76. The second-order valence-electron chi connectivity index (χ2n) is 6.04. The predicted molar refractivity (Wildman–Crippen MR) is 102 cm³/mol. The molecule has 0 aliphatic rings. The number of amides is 1. The minimum Gasteiger partial charge on any atom is -0.484 e. The summed E-state index contributed by atoms with van der Waals surface area (Å²) < 4.78 is 5.47. The number of benzene rings is 1. The average Bonchev–Trinajstić information content (AvgIpc) is 2.62. The lowest BCUT2D eigenvalue weighted by Crippen LogP contribution is -2.25. The standard InChI is InChI=1S/C20H27N3O2/c1-4-12-23(13-5-2)17-8-11-19(21-14-17)22-20(24)15-25-18-9-6-16(3)7-10-18/h6-11,14H,4-5,12-13,15H2,1-3H3,(H,21,22,24). The Bertz CT molecular complexity index is 648. The number of hydrogen-bond donors (Lipinski definition) is 1. The van der Waals surface area contributed by atoms with Crippen molar-refractivity contribution in [2.24, 2.45) is 0 Å². The fourth-order valence-corrected chi connectivity index (χ4v) is 2.52. The van der Waals surface area contributed by atoms with E-state index in [2.05, 4.69) is 29.0 Å². The van der Waals surface area contributed by atoms with Gasteiger partial charge in [0.05, 0.1) is 11.9 Å². The number of aromatic nitrogens is 1. The maximum absolute atomic E-state index is 12.0. The molecule has 1 aromatic heterocycles. The van der Waals surface area contributed by atoms with E-state index >= 15 is 0 Å². The lowest BCUT2D eigenvalue weighted by Gasteiger charge is -2.23. The lowest BCUT2D eigenvalue weighted by atomic mass is 10.2. The minimum atomic E-state index is -0.222. The number of nitrogens with one attached hydrogen (secondary N) is 1. The average molecular weight is 341 g/mol. The van der Waals surface area contributed by atoms with E-state index in [9.17, 15) is 4.79 Å². The van der Waals surface area contributed by atoms with Gasteiger partial charge in [-0.3, -0.25) is 4.79 Å². The van der Waals surface area contributed by atoms with Gasteiger partial charge < -0.3 is 15.0 Å². The summed E-state index contributed by atoms with van der Waals surface area (Å²) in [5.41, 5.74) is 2.24. The van der Waals surface area contributed by atoms with Crippen LogP contribution in [-0.4, -0.2) is 30.6 Å². The van der Waals surface area contributed by atoms with Gasteiger partial charge in [-0.05, 0) is 44.0 Å². The third-order valence-corrected chi connectivity index (χ3v) is 3.76. The molecule has 5 nitrogen and oxygen atoms in total. The highest BCUT2D eigenvalue weighted by Crippen LogP contribution is 2.16. The highest BCUT2D eigenvalue weighted by molar-refractivity contribution is 5.91. The molecule has 134 valence electrons. The van der Waals surface area contributed by atoms with Gasteiger partial charge in [-0.25, -0.2) is 4.98 Å². The molecule has 1 aromatic carbocycles. The number of nitrogens with zero attached hydrogens (tertiary/aromatic N) is 2. The molecule has 2 aromatic rings. The van der Waals surface area contributed by atoms with Gasteiger partial charge in [-0.2, -0.15) is 0 Å². The van der Waals surface area contributed by atoms with Gasteiger partial charge in [0.15, 0.2) is 6.61 Å². The molecule has 0 radical (unpaired) electrons. The third kappa shape index (κ3) is 6.10. The van der Waals surface area contributed by atoms with Gasteiger partial charge in [-0.15, -0.1) is 0 Å². The zero-order chi connectivity index (χ0) is 18.1. The Hall–Kier alpha value is -2.56. The maximum atomic E-state index is 12.0. The first-order valence-electron chi connectivity index (χ1n) is 8.82. The van der Waals surface area contributed by atoms with Crippen LogP contribution >= 0.6 is 0 Å². The van der Waals surface area contributed by atoms with Gasteiger partial charge in [0.2, 0.25) is 0 Å². The van der Waals surface area contributed by atoms with Crippen LogP contribution in [0.2, 0.25) is 0 Å². The van der Waals surface area contributed by atoms with Crippen LogP contribution in [-0.2, 0) is 4.79 Å². The van der Waals surface area contributed by atoms with Crippen molar-refractivity contribution in [2.45, 2.75) is 33.6 Å². The van der Waals surface area contributed by atoms with Gasteiger partial charge in [0, 0.05) is 13.1 Å². The van der Waals surface area contributed by atoms with Crippen molar-refractivity contribution >= 4 is 17.4 Å². The van der Waals surface area contributed by atoms with Crippen LogP contribution < -0.4 is 15.0 Å². The van der Waals surface area contributed by atoms with Crippen molar-refractivity contribution in [1.29, 1.82) is 0 Å². The van der Waals surface area contributed by atoms with E-state index in [1.807, 2.05) is 49.5 Å². The summed E-state index contributed by atoms with van der Waals surface area (Å²) in [6.45, 7) is 8.31. The summed E-state index contributed by atoms with van der Waals surface area (Å²) >= 11 is 0. The Morgan fingerprint density at radius 2 is 1.76 bits per heavy atom. The molecule has 0 bridgehead atoms. The largest absolute Gasteiger partial charge is 0.484 e. The van der Waals surface area contributed by atoms with Crippen LogP contribution in [0.25, 0.3) is 0 Å². The van der Waals surface area contributed by atoms with Crippen LogP contribution in [0.3, 0.4) is 0 Å². The minimum absolute atomic E-state index is 0.0374. The molecule has 0 atom stereocenters. The van der Waals surface area contributed by atoms with Gasteiger partial charge in [-0.1, -0.05) is 31.5 Å². The summed E-state index contributed by atoms with van der Waals surface area (Å²) in [5.74, 6) is 0.993. The van der Waals surface area contributed by atoms with Crippen LogP contribution in [0, 0.1) is 6.92 Å². The Morgan fingerprint density at radius 3 is 2.32 bits per heavy atom. The predicted octanol–water partition coefficient (Wildman–Crippen LogP) is 4.03. The maximum Gasteiger partial charge on any atom is 0.263 e. The SMILES string of the molecule is CCCN(CCC)c1ccc(NC(=O)COc2ccc(C)cc2)nc1. The molecule has 0 aliphatic carbocycles. The summed E-state index contributed by atoms with van der Waals surface area (Å²) in [7, 11) is 0. The second kappa shape index (κ2) is 9.67. The number of carbonyl (C=O) groups is 1. The van der Waals surface area contributed by atoms with E-state index < -0.39 is 0 Å². The molecule has 0 saturated carbocycles. The van der Waals surface area contributed by atoms with Crippen LogP contribution in [0.4, 0.5) is 11.5 Å². The topological polar surface area (TPSA) is 54.5 Å². The van der Waals surface area contributed by atoms with E-state index in [1.165, 1.54) is 0 Å². The first-order chi connectivity index (χ1) is 12.1. The van der Waals surface area contributed by atoms with E-state index in [0.29, 0.717) is 11.6 Å². The number of ether oxygens (including phenoxy) is 1. The number of rotatable bonds is 9. The molecule has 1 amide bonds. The molecule has 0 unspecified atom stereocenters. The first kappa shape index (κ1) is 18.8. The van der Waals surface area contributed by atoms with Crippen LogP contribution in [0.5, 0.6) is 5.75 Å². The molecular formula is C20H27N3O2. The van der Waals surface area contributed by atoms with Crippen molar-refractivity contribution in [3.8, 4) is 5.75 Å². The number of hydrogen-bond acceptors (Lipinski definition) is 4. The molecule has 0 fully saturated rings. The van der Waals surface area contributed by atoms with Crippen molar-refractivity contribution in [3.05, 3.63) is 48.2 Å². The highest BCUT2D eigenvalue weighted by atomic mass is 16.5. The van der Waals surface area contributed by atoms with Crippen molar-refractivity contribution in [2.75, 3.05) is 29.9 Å². The molecule has 1 N–H and O–H groups in total. The number of aryl methyl sites for hydroxylation is 1. The van der Waals surface area contributed by atoms with Crippen LogP contribution in [0.1, 0.15) is 32.3 Å².